The van der Waals surface area contributed by atoms with E-state index >= 15 is 0 Å². The number of rotatable bonds is 7. The summed E-state index contributed by atoms with van der Waals surface area (Å²) in [6, 6.07) is 9.79. The van der Waals surface area contributed by atoms with Crippen molar-refractivity contribution >= 4 is 28.8 Å². The first-order valence-corrected chi connectivity index (χ1v) is 9.77. The number of aryl methyl sites for hydroxylation is 1. The SMILES string of the molecule is Cc1ccc(N2CC(C(=O)NCC(CO)Cc3ccsc3)CC2=O)cc1. The van der Waals surface area contributed by atoms with Crippen LogP contribution in [-0.2, 0) is 16.0 Å². The molecule has 26 heavy (non-hydrogen) atoms. The fourth-order valence-electron chi connectivity index (χ4n) is 3.19. The van der Waals surface area contributed by atoms with Crippen LogP contribution in [0.15, 0.2) is 41.1 Å². The number of aliphatic hydroxyl groups excluding tert-OH is 1. The summed E-state index contributed by atoms with van der Waals surface area (Å²) < 4.78 is 0. The molecule has 1 fully saturated rings. The Bertz CT molecular complexity index is 743. The van der Waals surface area contributed by atoms with Crippen LogP contribution in [0, 0.1) is 18.8 Å². The predicted octanol–water partition coefficient (Wildman–Crippen LogP) is 2.38. The number of nitrogens with zero attached hydrogens (tertiary/aromatic N) is 1. The summed E-state index contributed by atoms with van der Waals surface area (Å²) in [6.07, 6.45) is 0.966. The molecule has 0 spiro atoms. The number of amides is 2. The zero-order valence-electron chi connectivity index (χ0n) is 14.9. The molecule has 1 aromatic carbocycles. The molecule has 2 N–H and O–H groups in total. The van der Waals surface area contributed by atoms with Gasteiger partial charge in [0.2, 0.25) is 11.8 Å². The van der Waals surface area contributed by atoms with E-state index in [1.807, 2.05) is 42.6 Å². The van der Waals surface area contributed by atoms with Crippen molar-refractivity contribution in [3.63, 3.8) is 0 Å². The van der Waals surface area contributed by atoms with Gasteiger partial charge in [0, 0.05) is 37.7 Å². The van der Waals surface area contributed by atoms with E-state index in [0.29, 0.717) is 13.1 Å². The minimum atomic E-state index is -0.343. The third-order valence-electron chi connectivity index (χ3n) is 4.77. The van der Waals surface area contributed by atoms with Crippen LogP contribution in [0.3, 0.4) is 0 Å². The topological polar surface area (TPSA) is 69.6 Å². The second-order valence-corrected chi connectivity index (χ2v) is 7.65. The van der Waals surface area contributed by atoms with Crippen molar-refractivity contribution in [2.24, 2.45) is 11.8 Å². The zero-order valence-corrected chi connectivity index (χ0v) is 15.7. The molecule has 2 heterocycles. The van der Waals surface area contributed by atoms with E-state index in [9.17, 15) is 14.7 Å². The highest BCUT2D eigenvalue weighted by molar-refractivity contribution is 7.07. The Morgan fingerprint density at radius 3 is 2.77 bits per heavy atom. The molecule has 138 valence electrons. The van der Waals surface area contributed by atoms with Crippen LogP contribution >= 0.6 is 11.3 Å². The number of nitrogens with one attached hydrogen (secondary N) is 1. The van der Waals surface area contributed by atoms with Gasteiger partial charge in [-0.15, -0.1) is 0 Å². The van der Waals surface area contributed by atoms with Crippen LogP contribution in [0.25, 0.3) is 0 Å². The van der Waals surface area contributed by atoms with E-state index in [4.69, 9.17) is 0 Å². The highest BCUT2D eigenvalue weighted by Gasteiger charge is 2.35. The summed E-state index contributed by atoms with van der Waals surface area (Å²) in [4.78, 5) is 26.4. The molecular formula is C20H24N2O3S. The van der Waals surface area contributed by atoms with Gasteiger partial charge in [-0.25, -0.2) is 0 Å². The molecule has 2 unspecified atom stereocenters. The highest BCUT2D eigenvalue weighted by atomic mass is 32.1. The predicted molar refractivity (Wildman–Crippen MR) is 103 cm³/mol. The average Bonchev–Trinajstić information content (AvgIpc) is 3.28. The van der Waals surface area contributed by atoms with Gasteiger partial charge in [0.15, 0.2) is 0 Å². The summed E-state index contributed by atoms with van der Waals surface area (Å²) in [5.74, 6) is -0.495. The monoisotopic (exact) mass is 372 g/mol. The van der Waals surface area contributed by atoms with Gasteiger partial charge < -0.3 is 15.3 Å². The smallest absolute Gasteiger partial charge is 0.227 e. The molecule has 0 saturated carbocycles. The lowest BCUT2D eigenvalue weighted by molar-refractivity contribution is -0.126. The largest absolute Gasteiger partial charge is 0.396 e. The Morgan fingerprint density at radius 1 is 1.35 bits per heavy atom. The van der Waals surface area contributed by atoms with Gasteiger partial charge >= 0.3 is 0 Å². The van der Waals surface area contributed by atoms with Gasteiger partial charge in [-0.05, 0) is 47.9 Å². The molecule has 2 aromatic rings. The molecule has 3 rings (SSSR count). The van der Waals surface area contributed by atoms with Crippen LogP contribution < -0.4 is 10.2 Å². The first-order valence-electron chi connectivity index (χ1n) is 8.83. The summed E-state index contributed by atoms with van der Waals surface area (Å²) >= 11 is 1.62. The van der Waals surface area contributed by atoms with E-state index in [2.05, 4.69) is 10.7 Å². The van der Waals surface area contributed by atoms with Crippen molar-refractivity contribution in [1.82, 2.24) is 5.32 Å². The maximum absolute atomic E-state index is 12.5. The van der Waals surface area contributed by atoms with Crippen molar-refractivity contribution in [3.05, 3.63) is 52.2 Å². The molecule has 0 bridgehead atoms. The van der Waals surface area contributed by atoms with Gasteiger partial charge in [0.1, 0.15) is 0 Å². The number of anilines is 1. The highest BCUT2D eigenvalue weighted by Crippen LogP contribution is 2.25. The first kappa shape index (κ1) is 18.6. The Morgan fingerprint density at radius 2 is 2.12 bits per heavy atom. The van der Waals surface area contributed by atoms with Gasteiger partial charge in [0.25, 0.3) is 0 Å². The van der Waals surface area contributed by atoms with E-state index in [-0.39, 0.29) is 36.7 Å². The number of hydrogen-bond donors (Lipinski definition) is 2. The molecule has 5 nitrogen and oxygen atoms in total. The van der Waals surface area contributed by atoms with Crippen molar-refractivity contribution < 1.29 is 14.7 Å². The van der Waals surface area contributed by atoms with Crippen LogP contribution in [0.2, 0.25) is 0 Å². The molecule has 1 aromatic heterocycles. The van der Waals surface area contributed by atoms with E-state index in [0.717, 1.165) is 17.7 Å². The lowest BCUT2D eigenvalue weighted by Gasteiger charge is -2.18. The second kappa shape index (κ2) is 8.47. The molecule has 1 saturated heterocycles. The second-order valence-electron chi connectivity index (χ2n) is 6.87. The van der Waals surface area contributed by atoms with Crippen molar-refractivity contribution in [1.29, 1.82) is 0 Å². The molecule has 6 heteroatoms. The quantitative estimate of drug-likeness (QED) is 0.784. The van der Waals surface area contributed by atoms with Crippen LogP contribution in [0.5, 0.6) is 0 Å². The number of carbonyl (C=O) groups is 2. The van der Waals surface area contributed by atoms with Crippen molar-refractivity contribution in [3.8, 4) is 0 Å². The summed E-state index contributed by atoms with van der Waals surface area (Å²) in [5, 5.41) is 16.5. The number of carbonyl (C=O) groups excluding carboxylic acids is 2. The Kier molecular flexibility index (Phi) is 6.06. The number of aliphatic hydroxyl groups is 1. The van der Waals surface area contributed by atoms with Crippen molar-refractivity contribution in [2.45, 2.75) is 19.8 Å². The van der Waals surface area contributed by atoms with Gasteiger partial charge in [0.05, 0.1) is 5.92 Å². The Hall–Kier alpha value is -2.18. The molecular weight excluding hydrogens is 348 g/mol. The lowest BCUT2D eigenvalue weighted by atomic mass is 10.0. The molecule has 0 radical (unpaired) electrons. The number of benzene rings is 1. The summed E-state index contributed by atoms with van der Waals surface area (Å²) in [7, 11) is 0. The van der Waals surface area contributed by atoms with Gasteiger partial charge in [-0.3, -0.25) is 9.59 Å². The number of hydrogen-bond acceptors (Lipinski definition) is 4. The maximum atomic E-state index is 12.5. The minimum Gasteiger partial charge on any atom is -0.396 e. The minimum absolute atomic E-state index is 0.0149. The van der Waals surface area contributed by atoms with Crippen LogP contribution in [0.1, 0.15) is 17.5 Å². The zero-order chi connectivity index (χ0) is 18.5. The maximum Gasteiger partial charge on any atom is 0.227 e. The van der Waals surface area contributed by atoms with E-state index < -0.39 is 0 Å². The molecule has 1 aliphatic heterocycles. The van der Waals surface area contributed by atoms with E-state index in [1.165, 1.54) is 5.56 Å². The van der Waals surface area contributed by atoms with Gasteiger partial charge in [-0.1, -0.05) is 17.7 Å². The van der Waals surface area contributed by atoms with Crippen molar-refractivity contribution in [2.75, 3.05) is 24.6 Å². The normalized spacial score (nSPS) is 18.2. The third-order valence-corrected chi connectivity index (χ3v) is 5.50. The Balaban J connectivity index is 1.53. The molecule has 2 atom stereocenters. The number of thiophene rings is 1. The average molecular weight is 372 g/mol. The third kappa shape index (κ3) is 4.51. The fraction of sp³-hybridized carbons (Fsp3) is 0.400. The first-order chi connectivity index (χ1) is 12.6. The summed E-state index contributed by atoms with van der Waals surface area (Å²) in [5.41, 5.74) is 3.14. The van der Waals surface area contributed by atoms with E-state index in [1.54, 1.807) is 16.2 Å². The lowest BCUT2D eigenvalue weighted by Crippen LogP contribution is -2.37. The molecule has 2 amide bonds. The van der Waals surface area contributed by atoms with Crippen LogP contribution in [-0.4, -0.2) is 36.6 Å². The fourth-order valence-corrected chi connectivity index (χ4v) is 3.87. The van der Waals surface area contributed by atoms with Crippen LogP contribution in [0.4, 0.5) is 5.69 Å². The molecule has 1 aliphatic rings. The summed E-state index contributed by atoms with van der Waals surface area (Å²) in [6.45, 7) is 2.84. The Labute approximate surface area is 157 Å². The standard InChI is InChI=1S/C20H24N2O3S/c1-14-2-4-18(5-3-14)22-11-17(9-19(22)24)20(25)21-10-16(12-23)8-15-6-7-26-13-15/h2-7,13,16-17,23H,8-12H2,1H3,(H,21,25). The molecule has 0 aliphatic carbocycles. The van der Waals surface area contributed by atoms with Gasteiger partial charge in [-0.2, -0.15) is 11.3 Å².